The Balaban J connectivity index is 1.64. The monoisotopic (exact) mass is 509 g/mol. The molecular weight excluding hydrogens is 474 g/mol. The molecule has 1 unspecified atom stereocenters. The minimum Gasteiger partial charge on any atom is -0.396 e. The van der Waals surface area contributed by atoms with Crippen LogP contribution in [0, 0.1) is 11.8 Å². The van der Waals surface area contributed by atoms with Crippen molar-refractivity contribution in [3.63, 3.8) is 0 Å². The molecule has 0 bridgehead atoms. The second-order valence-corrected chi connectivity index (χ2v) is 13.1. The lowest BCUT2D eigenvalue weighted by Gasteiger charge is -2.41. The first-order valence-corrected chi connectivity index (χ1v) is 13.5. The van der Waals surface area contributed by atoms with E-state index in [4.69, 9.17) is 0 Å². The largest absolute Gasteiger partial charge is 0.396 e. The Kier molecular flexibility index (Phi) is 6.11. The normalized spacial score (nSPS) is 34.0. The molecule has 0 aliphatic carbocycles. The minimum absolute atomic E-state index is 0.0705. The van der Waals surface area contributed by atoms with Gasteiger partial charge in [-0.25, -0.2) is 0 Å². The van der Waals surface area contributed by atoms with Crippen molar-refractivity contribution < 1.29 is 19.5 Å². The van der Waals surface area contributed by atoms with Gasteiger partial charge < -0.3 is 19.8 Å². The minimum atomic E-state index is -0.858. The number of nitrogens with zero attached hydrogens (tertiary/aromatic N) is 3. The zero-order valence-corrected chi connectivity index (χ0v) is 22.2. The molecule has 1 N–H and O–H groups in total. The predicted octanol–water partition coefficient (Wildman–Crippen LogP) is 2.86. The second kappa shape index (κ2) is 8.77. The van der Waals surface area contributed by atoms with Crippen molar-refractivity contribution in [1.82, 2.24) is 9.80 Å². The lowest BCUT2D eigenvalue weighted by Crippen LogP contribution is -2.57. The number of rotatable bonds is 4. The third kappa shape index (κ3) is 3.64. The highest BCUT2D eigenvalue weighted by atomic mass is 32.2. The Morgan fingerprint density at radius 2 is 1.67 bits per heavy atom. The van der Waals surface area contributed by atoms with Gasteiger partial charge in [0.1, 0.15) is 6.04 Å². The molecule has 7 nitrogen and oxygen atoms in total. The molecule has 4 heterocycles. The van der Waals surface area contributed by atoms with Crippen LogP contribution in [0.4, 0.5) is 5.69 Å². The first kappa shape index (κ1) is 25.1. The lowest BCUT2D eigenvalue weighted by atomic mass is 9.74. The predicted molar refractivity (Wildman–Crippen MR) is 141 cm³/mol. The number of hydrogen-bond acceptors (Lipinski definition) is 5. The maximum Gasteiger partial charge on any atom is 0.247 e. The van der Waals surface area contributed by atoms with Gasteiger partial charge in [0.05, 0.1) is 16.6 Å². The molecule has 0 radical (unpaired) electrons. The number of amides is 3. The van der Waals surface area contributed by atoms with Crippen molar-refractivity contribution in [2.75, 3.05) is 31.1 Å². The molecule has 4 aliphatic rings. The van der Waals surface area contributed by atoms with Crippen LogP contribution in [-0.2, 0) is 14.4 Å². The Morgan fingerprint density at radius 1 is 0.972 bits per heavy atom. The molecular formula is C28H35N3O4S. The maximum absolute atomic E-state index is 14.2. The van der Waals surface area contributed by atoms with Gasteiger partial charge in [0.25, 0.3) is 0 Å². The van der Waals surface area contributed by atoms with Gasteiger partial charge in [-0.1, -0.05) is 42.5 Å². The van der Waals surface area contributed by atoms with Gasteiger partial charge in [0, 0.05) is 42.2 Å². The summed E-state index contributed by atoms with van der Waals surface area (Å²) in [5, 5.41) is 9.56. The molecule has 0 saturated carbocycles. The van der Waals surface area contributed by atoms with Crippen molar-refractivity contribution in [2.24, 2.45) is 11.8 Å². The first-order valence-electron chi connectivity index (χ1n) is 12.7. The molecule has 8 heteroatoms. The van der Waals surface area contributed by atoms with E-state index in [0.717, 1.165) is 5.69 Å². The molecule has 192 valence electrons. The fraction of sp³-hybridized carbons (Fsp3) is 0.536. The summed E-state index contributed by atoms with van der Waals surface area (Å²) in [5.41, 5.74) is 0.376. The SMILES string of the molecule is CC(C)(C)N1CC=C[C@]23S[C@@]4(C)C=CCN(c5ccccc5)C(=O)[C@H]4[C@H]2C(=O)N(CCCO)C3C1=O. The summed E-state index contributed by atoms with van der Waals surface area (Å²) >= 11 is 1.59. The Bertz CT molecular complexity index is 1130. The Labute approximate surface area is 217 Å². The molecule has 5 atom stereocenters. The molecule has 1 aromatic carbocycles. The number of anilines is 1. The molecule has 5 rings (SSSR count). The van der Waals surface area contributed by atoms with Crippen LogP contribution in [-0.4, -0.2) is 79.9 Å². The Hall–Kier alpha value is -2.58. The molecule has 4 aliphatic heterocycles. The molecule has 36 heavy (non-hydrogen) atoms. The smallest absolute Gasteiger partial charge is 0.247 e. The zero-order valence-electron chi connectivity index (χ0n) is 21.4. The van der Waals surface area contributed by atoms with Crippen LogP contribution in [0.3, 0.4) is 0 Å². The molecule has 0 aromatic heterocycles. The van der Waals surface area contributed by atoms with Crippen LogP contribution >= 0.6 is 11.8 Å². The molecule has 1 aromatic rings. The lowest BCUT2D eigenvalue weighted by molar-refractivity contribution is -0.145. The van der Waals surface area contributed by atoms with Crippen LogP contribution in [0.2, 0.25) is 0 Å². The van der Waals surface area contributed by atoms with Crippen molar-refractivity contribution >= 4 is 35.2 Å². The quantitative estimate of drug-likeness (QED) is 0.632. The summed E-state index contributed by atoms with van der Waals surface area (Å²) in [6, 6.07) is 8.83. The average molecular weight is 510 g/mol. The topological polar surface area (TPSA) is 81.2 Å². The van der Waals surface area contributed by atoms with Gasteiger partial charge in [0.15, 0.2) is 0 Å². The van der Waals surface area contributed by atoms with E-state index in [-0.39, 0.29) is 30.9 Å². The highest BCUT2D eigenvalue weighted by Crippen LogP contribution is 2.65. The van der Waals surface area contributed by atoms with Crippen LogP contribution in [0.1, 0.15) is 34.1 Å². The van der Waals surface area contributed by atoms with E-state index in [9.17, 15) is 19.5 Å². The number of carbonyl (C=O) groups excluding carboxylic acids is 3. The molecule has 3 amide bonds. The summed E-state index contributed by atoms with van der Waals surface area (Å²) in [5.74, 6) is -1.63. The third-order valence-corrected chi connectivity index (χ3v) is 9.79. The van der Waals surface area contributed by atoms with E-state index in [2.05, 4.69) is 6.08 Å². The van der Waals surface area contributed by atoms with Crippen molar-refractivity contribution in [2.45, 2.75) is 55.2 Å². The van der Waals surface area contributed by atoms with Crippen molar-refractivity contribution in [3.05, 3.63) is 54.6 Å². The number of likely N-dealkylation sites (tertiary alicyclic amines) is 1. The van der Waals surface area contributed by atoms with Gasteiger partial charge in [0.2, 0.25) is 17.7 Å². The summed E-state index contributed by atoms with van der Waals surface area (Å²) in [7, 11) is 0. The van der Waals surface area contributed by atoms with Crippen LogP contribution in [0.15, 0.2) is 54.6 Å². The number of aliphatic hydroxyl groups is 1. The standard InChI is InChI=1S/C28H35N3O4S/c1-26(2,3)31-17-9-14-28-21(24(34)30(16-10-18-32)22(28)25(31)35)20-23(33)29(19-11-6-5-7-12-19)15-8-13-27(20,4)36-28/h5-9,11-14,20-22,32H,10,15-18H2,1-4H3/t20-,21+,22?,27+,28+/m1/s1. The van der Waals surface area contributed by atoms with Gasteiger partial charge in [-0.05, 0) is 46.2 Å². The molecule has 1 spiro atoms. The molecule has 2 fully saturated rings. The number of fused-ring (bicyclic) bond motifs is 2. The van der Waals surface area contributed by atoms with E-state index < -0.39 is 32.9 Å². The number of benzene rings is 1. The number of aliphatic hydroxyl groups excluding tert-OH is 1. The van der Waals surface area contributed by atoms with E-state index in [1.807, 2.05) is 81.2 Å². The van der Waals surface area contributed by atoms with E-state index >= 15 is 0 Å². The number of hydrogen-bond donors (Lipinski definition) is 1. The summed E-state index contributed by atoms with van der Waals surface area (Å²) < 4.78 is -1.49. The highest BCUT2D eigenvalue weighted by Gasteiger charge is 2.74. The van der Waals surface area contributed by atoms with Crippen LogP contribution < -0.4 is 4.90 Å². The van der Waals surface area contributed by atoms with E-state index in [1.54, 1.807) is 21.6 Å². The number of thioether (sulfide) groups is 1. The first-order chi connectivity index (χ1) is 17.0. The number of para-hydroxylation sites is 1. The van der Waals surface area contributed by atoms with Crippen LogP contribution in [0.25, 0.3) is 0 Å². The molecule has 2 saturated heterocycles. The second-order valence-electron chi connectivity index (χ2n) is 11.3. The summed E-state index contributed by atoms with van der Waals surface area (Å²) in [6.07, 6.45) is 8.52. The van der Waals surface area contributed by atoms with Gasteiger partial charge in [-0.15, -0.1) is 11.8 Å². The van der Waals surface area contributed by atoms with Gasteiger partial charge in [-0.3, -0.25) is 14.4 Å². The number of carbonyl (C=O) groups is 3. The van der Waals surface area contributed by atoms with Gasteiger partial charge >= 0.3 is 0 Å². The van der Waals surface area contributed by atoms with E-state index in [0.29, 0.717) is 19.5 Å². The fourth-order valence-electron chi connectivity index (χ4n) is 6.45. The van der Waals surface area contributed by atoms with E-state index in [1.165, 1.54) is 0 Å². The van der Waals surface area contributed by atoms with Crippen molar-refractivity contribution in [1.29, 1.82) is 0 Å². The summed E-state index contributed by atoms with van der Waals surface area (Å²) in [4.78, 5) is 47.9. The third-order valence-electron chi connectivity index (χ3n) is 7.99. The highest BCUT2D eigenvalue weighted by molar-refractivity contribution is 8.02. The van der Waals surface area contributed by atoms with Crippen molar-refractivity contribution in [3.8, 4) is 0 Å². The fourth-order valence-corrected chi connectivity index (χ4v) is 8.60. The zero-order chi connectivity index (χ0) is 25.9. The summed E-state index contributed by atoms with van der Waals surface area (Å²) in [6.45, 7) is 9.14. The Morgan fingerprint density at radius 3 is 2.33 bits per heavy atom. The van der Waals surface area contributed by atoms with Gasteiger partial charge in [-0.2, -0.15) is 0 Å². The maximum atomic E-state index is 14.2. The van der Waals surface area contributed by atoms with Crippen LogP contribution in [0.5, 0.6) is 0 Å². The average Bonchev–Trinajstić information content (AvgIpc) is 3.08.